The van der Waals surface area contributed by atoms with Crippen molar-refractivity contribution >= 4 is 11.9 Å². The van der Waals surface area contributed by atoms with E-state index in [1.165, 1.54) is 19.4 Å². The summed E-state index contributed by atoms with van der Waals surface area (Å²) in [4.78, 5) is 30.0. The van der Waals surface area contributed by atoms with Gasteiger partial charge in [0, 0.05) is 18.7 Å². The first kappa shape index (κ1) is 17.1. The summed E-state index contributed by atoms with van der Waals surface area (Å²) in [6.45, 7) is 7.15. The molecule has 0 bridgehead atoms. The Hall–Kier alpha value is -2.77. The van der Waals surface area contributed by atoms with Crippen LogP contribution in [-0.4, -0.2) is 50.2 Å². The second-order valence-corrected chi connectivity index (χ2v) is 6.46. The summed E-state index contributed by atoms with van der Waals surface area (Å²) in [5.74, 6) is 1.33. The summed E-state index contributed by atoms with van der Waals surface area (Å²) in [5.41, 5.74) is 0.601. The fraction of sp³-hybridized carbons (Fsp3) is 0.471. The SMILES string of the molecule is COC(=O)c1ccc(C(=O)N2Cc3nnc(C(C)C)n3[C@@H](C)C2)nc1. The average Bonchev–Trinajstić information content (AvgIpc) is 3.05. The number of ether oxygens (including phenoxy) is 1. The monoisotopic (exact) mass is 343 g/mol. The summed E-state index contributed by atoms with van der Waals surface area (Å²) in [6.07, 6.45) is 1.35. The number of aromatic nitrogens is 4. The van der Waals surface area contributed by atoms with E-state index in [1.807, 2.05) is 6.92 Å². The maximum absolute atomic E-state index is 12.7. The highest BCUT2D eigenvalue weighted by atomic mass is 16.5. The van der Waals surface area contributed by atoms with Gasteiger partial charge in [-0.15, -0.1) is 10.2 Å². The lowest BCUT2D eigenvalue weighted by Gasteiger charge is -2.32. The summed E-state index contributed by atoms with van der Waals surface area (Å²) >= 11 is 0. The van der Waals surface area contributed by atoms with Crippen molar-refractivity contribution in [2.24, 2.45) is 0 Å². The van der Waals surface area contributed by atoms with Crippen molar-refractivity contribution in [3.8, 4) is 0 Å². The molecule has 1 aliphatic rings. The molecular formula is C17H21N5O3. The van der Waals surface area contributed by atoms with Crippen molar-refractivity contribution in [3.63, 3.8) is 0 Å². The molecule has 3 heterocycles. The van der Waals surface area contributed by atoms with Crippen molar-refractivity contribution in [3.05, 3.63) is 41.2 Å². The number of hydrogen-bond donors (Lipinski definition) is 0. The van der Waals surface area contributed by atoms with Crippen molar-refractivity contribution < 1.29 is 14.3 Å². The first-order valence-corrected chi connectivity index (χ1v) is 8.19. The Bertz CT molecular complexity index is 797. The van der Waals surface area contributed by atoms with Gasteiger partial charge in [0.2, 0.25) is 0 Å². The van der Waals surface area contributed by atoms with E-state index < -0.39 is 5.97 Å². The number of fused-ring (bicyclic) bond motifs is 1. The number of hydrogen-bond acceptors (Lipinski definition) is 6. The molecule has 0 saturated heterocycles. The molecule has 0 aromatic carbocycles. The molecule has 0 fully saturated rings. The number of nitrogens with zero attached hydrogens (tertiary/aromatic N) is 5. The highest BCUT2D eigenvalue weighted by Crippen LogP contribution is 2.25. The van der Waals surface area contributed by atoms with Crippen LogP contribution in [0.2, 0.25) is 0 Å². The molecule has 0 aliphatic carbocycles. The largest absolute Gasteiger partial charge is 0.465 e. The number of carbonyl (C=O) groups is 2. The topological polar surface area (TPSA) is 90.2 Å². The third kappa shape index (κ3) is 3.11. The van der Waals surface area contributed by atoms with Gasteiger partial charge in [0.05, 0.1) is 25.3 Å². The molecule has 0 N–H and O–H groups in total. The van der Waals surface area contributed by atoms with Gasteiger partial charge in [-0.2, -0.15) is 0 Å². The molecule has 2 aromatic rings. The quantitative estimate of drug-likeness (QED) is 0.789. The summed E-state index contributed by atoms with van der Waals surface area (Å²) < 4.78 is 6.75. The lowest BCUT2D eigenvalue weighted by Crippen LogP contribution is -2.41. The third-order valence-electron chi connectivity index (χ3n) is 4.26. The molecule has 25 heavy (non-hydrogen) atoms. The second kappa shape index (κ2) is 6.62. The number of pyridine rings is 1. The maximum Gasteiger partial charge on any atom is 0.339 e. The smallest absolute Gasteiger partial charge is 0.339 e. The van der Waals surface area contributed by atoms with E-state index in [0.717, 1.165) is 11.6 Å². The Morgan fingerprint density at radius 3 is 2.64 bits per heavy atom. The molecule has 0 unspecified atom stereocenters. The molecular weight excluding hydrogens is 322 g/mol. The Morgan fingerprint density at radius 1 is 1.28 bits per heavy atom. The summed E-state index contributed by atoms with van der Waals surface area (Å²) in [7, 11) is 1.30. The lowest BCUT2D eigenvalue weighted by atomic mass is 10.1. The van der Waals surface area contributed by atoms with E-state index >= 15 is 0 Å². The zero-order valence-corrected chi connectivity index (χ0v) is 14.8. The van der Waals surface area contributed by atoms with E-state index in [-0.39, 0.29) is 23.6 Å². The molecule has 1 atom stereocenters. The molecule has 8 nitrogen and oxygen atoms in total. The molecule has 0 radical (unpaired) electrons. The number of esters is 1. The minimum atomic E-state index is -0.479. The molecule has 0 spiro atoms. The van der Waals surface area contributed by atoms with Gasteiger partial charge in [0.25, 0.3) is 5.91 Å². The first-order chi connectivity index (χ1) is 11.9. The van der Waals surface area contributed by atoms with Gasteiger partial charge in [-0.1, -0.05) is 13.8 Å². The predicted molar refractivity (Wildman–Crippen MR) is 89.1 cm³/mol. The Labute approximate surface area is 145 Å². The van der Waals surface area contributed by atoms with Crippen LogP contribution in [0.5, 0.6) is 0 Å². The summed E-state index contributed by atoms with van der Waals surface area (Å²) in [5, 5.41) is 8.50. The average molecular weight is 343 g/mol. The van der Waals surface area contributed by atoms with Crippen LogP contribution in [0.3, 0.4) is 0 Å². The fourth-order valence-electron chi connectivity index (χ4n) is 3.03. The van der Waals surface area contributed by atoms with Crippen molar-refractivity contribution in [2.45, 2.75) is 39.3 Å². The van der Waals surface area contributed by atoms with Crippen molar-refractivity contribution in [1.82, 2.24) is 24.6 Å². The van der Waals surface area contributed by atoms with Gasteiger partial charge in [-0.05, 0) is 19.1 Å². The van der Waals surface area contributed by atoms with Gasteiger partial charge in [0.15, 0.2) is 5.82 Å². The van der Waals surface area contributed by atoms with Gasteiger partial charge >= 0.3 is 5.97 Å². The predicted octanol–water partition coefficient (Wildman–Crippen LogP) is 1.80. The zero-order chi connectivity index (χ0) is 18.1. The molecule has 132 valence electrons. The third-order valence-corrected chi connectivity index (χ3v) is 4.26. The normalized spacial score (nSPS) is 16.7. The van der Waals surface area contributed by atoms with Crippen molar-refractivity contribution in [2.75, 3.05) is 13.7 Å². The number of rotatable bonds is 3. The minimum absolute atomic E-state index is 0.0921. The van der Waals surface area contributed by atoms with Gasteiger partial charge in [-0.25, -0.2) is 4.79 Å². The van der Waals surface area contributed by atoms with Crippen LogP contribution >= 0.6 is 0 Å². The molecule has 0 saturated carbocycles. The van der Waals surface area contributed by atoms with Gasteiger partial charge in [-0.3, -0.25) is 9.78 Å². The molecule has 1 aliphatic heterocycles. The van der Waals surface area contributed by atoms with Crippen LogP contribution in [-0.2, 0) is 11.3 Å². The van der Waals surface area contributed by atoms with Crippen LogP contribution in [0.4, 0.5) is 0 Å². The Kier molecular flexibility index (Phi) is 4.52. The second-order valence-electron chi connectivity index (χ2n) is 6.46. The van der Waals surface area contributed by atoms with E-state index in [0.29, 0.717) is 18.7 Å². The van der Waals surface area contributed by atoms with E-state index in [2.05, 4.69) is 38.3 Å². The van der Waals surface area contributed by atoms with Crippen LogP contribution in [0.15, 0.2) is 18.3 Å². The van der Waals surface area contributed by atoms with Gasteiger partial charge < -0.3 is 14.2 Å². The van der Waals surface area contributed by atoms with Crippen LogP contribution in [0, 0.1) is 0 Å². The molecule has 3 rings (SSSR count). The van der Waals surface area contributed by atoms with Crippen LogP contribution in [0.25, 0.3) is 0 Å². The standard InChI is InChI=1S/C17H21N5O3/c1-10(2)15-20-19-14-9-21(8-11(3)22(14)15)16(23)13-6-5-12(7-18-13)17(24)25-4/h5-7,10-11H,8-9H2,1-4H3/t11-/m0/s1. The first-order valence-electron chi connectivity index (χ1n) is 8.19. The van der Waals surface area contributed by atoms with E-state index in [9.17, 15) is 9.59 Å². The van der Waals surface area contributed by atoms with Crippen molar-refractivity contribution in [1.29, 1.82) is 0 Å². The minimum Gasteiger partial charge on any atom is -0.465 e. The maximum atomic E-state index is 12.7. The van der Waals surface area contributed by atoms with Gasteiger partial charge in [0.1, 0.15) is 11.5 Å². The highest BCUT2D eigenvalue weighted by Gasteiger charge is 2.30. The lowest BCUT2D eigenvalue weighted by molar-refractivity contribution is 0.0597. The number of methoxy groups -OCH3 is 1. The molecule has 2 aromatic heterocycles. The van der Waals surface area contributed by atoms with E-state index in [1.54, 1.807) is 11.0 Å². The van der Waals surface area contributed by atoms with E-state index in [4.69, 9.17) is 0 Å². The Morgan fingerprint density at radius 2 is 2.04 bits per heavy atom. The zero-order valence-electron chi connectivity index (χ0n) is 14.8. The number of amides is 1. The Balaban J connectivity index is 1.81. The molecule has 1 amide bonds. The van der Waals surface area contributed by atoms with Crippen LogP contribution < -0.4 is 0 Å². The molecule has 8 heteroatoms. The number of carbonyl (C=O) groups excluding carboxylic acids is 2. The fourth-order valence-corrected chi connectivity index (χ4v) is 3.03. The highest BCUT2D eigenvalue weighted by molar-refractivity contribution is 5.94. The van der Waals surface area contributed by atoms with Crippen LogP contribution in [0.1, 0.15) is 65.2 Å². The summed E-state index contributed by atoms with van der Waals surface area (Å²) in [6, 6.07) is 3.17.